The largest absolute Gasteiger partial charge is 0.345 e. The molecule has 1 rings (SSSR count). The number of carbonyl (C=O) groups excluding carboxylic acids is 1. The minimum Gasteiger partial charge on any atom is -0.345 e. The molecule has 12 heavy (non-hydrogen) atoms. The highest BCUT2D eigenvalue weighted by molar-refractivity contribution is 5.47. The standard InChI is InChI=1S/C7H14N2O.C2H6/c1-8-7-2-4-9(6-10)5-3-7;1-2/h6-8H,2-5H2,1H3;1-2H3. The van der Waals surface area contributed by atoms with Gasteiger partial charge in [-0.2, -0.15) is 0 Å². The maximum absolute atomic E-state index is 10.3. The Morgan fingerprint density at radius 3 is 2.17 bits per heavy atom. The maximum atomic E-state index is 10.3. The van der Waals surface area contributed by atoms with Gasteiger partial charge in [0, 0.05) is 19.1 Å². The second kappa shape index (κ2) is 7.10. The first kappa shape index (κ1) is 11.4. The molecule has 1 fully saturated rings. The number of amides is 1. The predicted molar refractivity (Wildman–Crippen MR) is 51.1 cm³/mol. The van der Waals surface area contributed by atoms with Crippen molar-refractivity contribution in [2.45, 2.75) is 32.7 Å². The lowest BCUT2D eigenvalue weighted by Gasteiger charge is -2.28. The monoisotopic (exact) mass is 172 g/mol. The van der Waals surface area contributed by atoms with E-state index in [2.05, 4.69) is 5.32 Å². The first-order valence-electron chi connectivity index (χ1n) is 4.73. The van der Waals surface area contributed by atoms with E-state index < -0.39 is 0 Å². The molecule has 0 spiro atoms. The molecule has 0 bridgehead atoms. The van der Waals surface area contributed by atoms with E-state index in [0.717, 1.165) is 32.3 Å². The van der Waals surface area contributed by atoms with Gasteiger partial charge in [0.15, 0.2) is 0 Å². The van der Waals surface area contributed by atoms with E-state index >= 15 is 0 Å². The van der Waals surface area contributed by atoms with Crippen LogP contribution in [0.3, 0.4) is 0 Å². The summed E-state index contributed by atoms with van der Waals surface area (Å²) in [4.78, 5) is 12.1. The zero-order valence-corrected chi connectivity index (χ0v) is 8.34. The molecule has 0 saturated carbocycles. The molecule has 72 valence electrons. The van der Waals surface area contributed by atoms with Crippen molar-refractivity contribution in [2.24, 2.45) is 0 Å². The number of nitrogens with zero attached hydrogens (tertiary/aromatic N) is 1. The van der Waals surface area contributed by atoms with Gasteiger partial charge < -0.3 is 10.2 Å². The summed E-state index contributed by atoms with van der Waals surface area (Å²) in [6.07, 6.45) is 3.12. The van der Waals surface area contributed by atoms with Crippen LogP contribution in [0.4, 0.5) is 0 Å². The van der Waals surface area contributed by atoms with Crippen molar-refractivity contribution in [3.8, 4) is 0 Å². The number of piperidine rings is 1. The molecule has 0 aromatic rings. The van der Waals surface area contributed by atoms with Gasteiger partial charge in [-0.3, -0.25) is 4.79 Å². The Kier molecular flexibility index (Phi) is 6.76. The van der Waals surface area contributed by atoms with Gasteiger partial charge >= 0.3 is 0 Å². The first-order valence-corrected chi connectivity index (χ1v) is 4.73. The molecule has 0 unspecified atom stereocenters. The molecule has 1 aliphatic rings. The molecule has 3 nitrogen and oxygen atoms in total. The average Bonchev–Trinajstić information content (AvgIpc) is 2.21. The van der Waals surface area contributed by atoms with Crippen molar-refractivity contribution < 1.29 is 4.79 Å². The van der Waals surface area contributed by atoms with Crippen LogP contribution in [0.2, 0.25) is 0 Å². The predicted octanol–water partition coefficient (Wildman–Crippen LogP) is 0.853. The number of hydrogen-bond donors (Lipinski definition) is 1. The zero-order chi connectivity index (χ0) is 9.40. The summed E-state index contributed by atoms with van der Waals surface area (Å²) >= 11 is 0. The van der Waals surface area contributed by atoms with Crippen molar-refractivity contribution in [3.05, 3.63) is 0 Å². The van der Waals surface area contributed by atoms with Gasteiger partial charge in [-0.05, 0) is 19.9 Å². The topological polar surface area (TPSA) is 32.3 Å². The Bertz CT molecular complexity index is 109. The van der Waals surface area contributed by atoms with Gasteiger partial charge in [0.05, 0.1) is 0 Å². The van der Waals surface area contributed by atoms with E-state index in [-0.39, 0.29) is 0 Å². The van der Waals surface area contributed by atoms with Crippen LogP contribution in [0.15, 0.2) is 0 Å². The van der Waals surface area contributed by atoms with Gasteiger partial charge in [0.2, 0.25) is 6.41 Å². The van der Waals surface area contributed by atoms with Crippen molar-refractivity contribution in [1.82, 2.24) is 10.2 Å². The normalized spacial score (nSPS) is 18.1. The van der Waals surface area contributed by atoms with Crippen LogP contribution in [0.5, 0.6) is 0 Å². The third kappa shape index (κ3) is 3.72. The van der Waals surface area contributed by atoms with Crippen LogP contribution in [0.25, 0.3) is 0 Å². The number of rotatable bonds is 2. The molecule has 1 amide bonds. The highest BCUT2D eigenvalue weighted by Gasteiger charge is 2.15. The average molecular weight is 172 g/mol. The fourth-order valence-electron chi connectivity index (χ4n) is 1.29. The van der Waals surface area contributed by atoms with E-state index in [1.165, 1.54) is 0 Å². The van der Waals surface area contributed by atoms with E-state index in [4.69, 9.17) is 0 Å². The van der Waals surface area contributed by atoms with E-state index in [1.54, 1.807) is 0 Å². The number of hydrogen-bond acceptors (Lipinski definition) is 2. The van der Waals surface area contributed by atoms with Crippen LogP contribution < -0.4 is 5.32 Å². The summed E-state index contributed by atoms with van der Waals surface area (Å²) in [6, 6.07) is 0.621. The van der Waals surface area contributed by atoms with Crippen LogP contribution in [-0.2, 0) is 4.79 Å². The Labute approximate surface area is 75.1 Å². The van der Waals surface area contributed by atoms with Crippen LogP contribution in [0, 0.1) is 0 Å². The Hall–Kier alpha value is -0.570. The summed E-state index contributed by atoms with van der Waals surface area (Å²) in [5, 5.41) is 3.21. The van der Waals surface area contributed by atoms with Gasteiger partial charge in [-0.1, -0.05) is 13.8 Å². The van der Waals surface area contributed by atoms with Crippen molar-refractivity contribution >= 4 is 6.41 Å². The lowest BCUT2D eigenvalue weighted by Crippen LogP contribution is -2.40. The lowest BCUT2D eigenvalue weighted by molar-refractivity contribution is -0.119. The highest BCUT2D eigenvalue weighted by Crippen LogP contribution is 2.06. The SMILES string of the molecule is CC.CNC1CCN(C=O)CC1. The van der Waals surface area contributed by atoms with Gasteiger partial charge in [0.1, 0.15) is 0 Å². The number of nitrogens with one attached hydrogen (secondary N) is 1. The van der Waals surface area contributed by atoms with Crippen LogP contribution >= 0.6 is 0 Å². The lowest BCUT2D eigenvalue weighted by atomic mass is 10.1. The van der Waals surface area contributed by atoms with E-state index in [0.29, 0.717) is 6.04 Å². The van der Waals surface area contributed by atoms with Crippen molar-refractivity contribution in [1.29, 1.82) is 0 Å². The second-order valence-corrected chi connectivity index (χ2v) is 2.70. The highest BCUT2D eigenvalue weighted by atomic mass is 16.1. The fraction of sp³-hybridized carbons (Fsp3) is 0.889. The summed E-state index contributed by atoms with van der Waals surface area (Å²) in [5.41, 5.74) is 0. The first-order chi connectivity index (χ1) is 5.86. The molecule has 1 saturated heterocycles. The smallest absolute Gasteiger partial charge is 0.209 e. The fourth-order valence-corrected chi connectivity index (χ4v) is 1.29. The summed E-state index contributed by atoms with van der Waals surface area (Å²) in [7, 11) is 1.97. The molecular formula is C9H20N2O. The molecule has 3 heteroatoms. The Balaban J connectivity index is 0.000000561. The Morgan fingerprint density at radius 2 is 1.83 bits per heavy atom. The molecule has 1 heterocycles. The quantitative estimate of drug-likeness (QED) is 0.626. The van der Waals surface area contributed by atoms with Gasteiger partial charge in [-0.15, -0.1) is 0 Å². The molecular weight excluding hydrogens is 152 g/mol. The molecule has 0 aromatic heterocycles. The van der Waals surface area contributed by atoms with Gasteiger partial charge in [0.25, 0.3) is 0 Å². The molecule has 0 atom stereocenters. The molecule has 0 aromatic carbocycles. The molecule has 0 radical (unpaired) electrons. The minimum absolute atomic E-state index is 0.621. The third-order valence-corrected chi connectivity index (χ3v) is 2.09. The molecule has 1 N–H and O–H groups in total. The number of carbonyl (C=O) groups is 1. The Morgan fingerprint density at radius 1 is 1.33 bits per heavy atom. The van der Waals surface area contributed by atoms with Crippen molar-refractivity contribution in [2.75, 3.05) is 20.1 Å². The zero-order valence-electron chi connectivity index (χ0n) is 8.34. The van der Waals surface area contributed by atoms with Crippen molar-refractivity contribution in [3.63, 3.8) is 0 Å². The summed E-state index contributed by atoms with van der Waals surface area (Å²) in [5.74, 6) is 0. The maximum Gasteiger partial charge on any atom is 0.209 e. The van der Waals surface area contributed by atoms with Crippen LogP contribution in [0.1, 0.15) is 26.7 Å². The second-order valence-electron chi connectivity index (χ2n) is 2.70. The summed E-state index contributed by atoms with van der Waals surface area (Å²) in [6.45, 7) is 5.82. The molecule has 0 aliphatic carbocycles. The minimum atomic E-state index is 0.621. The third-order valence-electron chi connectivity index (χ3n) is 2.09. The van der Waals surface area contributed by atoms with E-state index in [9.17, 15) is 4.79 Å². The summed E-state index contributed by atoms with van der Waals surface area (Å²) < 4.78 is 0. The van der Waals surface area contributed by atoms with E-state index in [1.807, 2.05) is 25.8 Å². The molecule has 1 aliphatic heterocycles. The van der Waals surface area contributed by atoms with Gasteiger partial charge in [-0.25, -0.2) is 0 Å². The number of likely N-dealkylation sites (tertiary alicyclic amines) is 1. The van der Waals surface area contributed by atoms with Crippen LogP contribution in [-0.4, -0.2) is 37.5 Å².